The lowest BCUT2D eigenvalue weighted by molar-refractivity contribution is -0.149. The maximum atomic E-state index is 12.4. The van der Waals surface area contributed by atoms with E-state index >= 15 is 0 Å². The van der Waals surface area contributed by atoms with E-state index < -0.39 is 6.10 Å². The molecule has 132 valence electrons. The first kappa shape index (κ1) is 16.8. The number of hydrogen-bond donors (Lipinski definition) is 1. The van der Waals surface area contributed by atoms with E-state index in [1.165, 1.54) is 0 Å². The van der Waals surface area contributed by atoms with E-state index in [4.69, 9.17) is 4.74 Å². The highest BCUT2D eigenvalue weighted by molar-refractivity contribution is 9.10. The average Bonchev–Trinajstić information content (AvgIpc) is 3.16. The maximum Gasteiger partial charge on any atom is 0.326 e. The molecule has 1 aromatic carbocycles. The number of nitrogens with one attached hydrogen (secondary N) is 1. The minimum atomic E-state index is -0.488. The molecular formula is C19H17BrN4O2. The van der Waals surface area contributed by atoms with E-state index in [1.807, 2.05) is 42.0 Å². The van der Waals surface area contributed by atoms with Crippen LogP contribution >= 0.6 is 15.9 Å². The third-order valence-corrected chi connectivity index (χ3v) is 4.74. The third kappa shape index (κ3) is 3.10. The normalized spacial score (nSPS) is 12.6. The molecule has 0 spiro atoms. The Labute approximate surface area is 158 Å². The van der Waals surface area contributed by atoms with Crippen LogP contribution in [-0.4, -0.2) is 25.5 Å². The van der Waals surface area contributed by atoms with Crippen LogP contribution in [0.4, 0.5) is 0 Å². The summed E-state index contributed by atoms with van der Waals surface area (Å²) in [5, 5.41) is 1.14. The molecule has 26 heavy (non-hydrogen) atoms. The minimum Gasteiger partial charge on any atom is -0.453 e. The smallest absolute Gasteiger partial charge is 0.326 e. The largest absolute Gasteiger partial charge is 0.453 e. The van der Waals surface area contributed by atoms with Gasteiger partial charge in [-0.15, -0.1) is 0 Å². The van der Waals surface area contributed by atoms with E-state index in [2.05, 4.69) is 36.9 Å². The lowest BCUT2D eigenvalue weighted by atomic mass is 10.2. The van der Waals surface area contributed by atoms with Gasteiger partial charge < -0.3 is 14.3 Å². The molecule has 0 fully saturated rings. The molecule has 1 N–H and O–H groups in total. The number of carbonyl (C=O) groups is 1. The fraction of sp³-hybridized carbons (Fsp3) is 0.211. The first-order valence-corrected chi connectivity index (χ1v) is 9.05. The quantitative estimate of drug-likeness (QED) is 0.507. The third-order valence-electron chi connectivity index (χ3n) is 4.30. The molecule has 0 amide bonds. The second-order valence-electron chi connectivity index (χ2n) is 6.24. The molecule has 0 aliphatic carbocycles. The Morgan fingerprint density at radius 1 is 1.38 bits per heavy atom. The number of para-hydroxylation sites is 1. The van der Waals surface area contributed by atoms with Crippen LogP contribution in [0, 0.1) is 6.92 Å². The monoisotopic (exact) mass is 412 g/mol. The van der Waals surface area contributed by atoms with Crippen molar-refractivity contribution in [2.24, 2.45) is 0 Å². The van der Waals surface area contributed by atoms with Crippen molar-refractivity contribution in [3.63, 3.8) is 0 Å². The number of imidazole rings is 1. The lowest BCUT2D eigenvalue weighted by Gasteiger charge is -2.11. The van der Waals surface area contributed by atoms with Crippen molar-refractivity contribution in [1.82, 2.24) is 19.5 Å². The van der Waals surface area contributed by atoms with Gasteiger partial charge in [0, 0.05) is 27.8 Å². The summed E-state index contributed by atoms with van der Waals surface area (Å²) in [7, 11) is 0. The van der Waals surface area contributed by atoms with Crippen molar-refractivity contribution in [3.05, 3.63) is 58.6 Å². The second kappa shape index (κ2) is 6.57. The van der Waals surface area contributed by atoms with Crippen molar-refractivity contribution in [1.29, 1.82) is 0 Å². The number of esters is 1. The molecule has 0 radical (unpaired) electrons. The molecule has 4 rings (SSSR count). The Morgan fingerprint density at radius 2 is 2.19 bits per heavy atom. The van der Waals surface area contributed by atoms with E-state index in [1.54, 1.807) is 13.1 Å². The molecule has 0 aliphatic rings. The molecule has 0 saturated heterocycles. The van der Waals surface area contributed by atoms with Crippen molar-refractivity contribution in [2.75, 3.05) is 0 Å². The number of fused-ring (bicyclic) bond motifs is 2. The van der Waals surface area contributed by atoms with Crippen LogP contribution in [0.1, 0.15) is 24.4 Å². The topological polar surface area (TPSA) is 72.8 Å². The zero-order valence-corrected chi connectivity index (χ0v) is 15.9. The fourth-order valence-electron chi connectivity index (χ4n) is 3.08. The van der Waals surface area contributed by atoms with Gasteiger partial charge in [-0.3, -0.25) is 4.79 Å². The van der Waals surface area contributed by atoms with Gasteiger partial charge in [0.05, 0.1) is 5.52 Å². The molecule has 0 unspecified atom stereocenters. The Hall–Kier alpha value is -2.67. The molecule has 1 atom stereocenters. The van der Waals surface area contributed by atoms with Gasteiger partial charge in [-0.1, -0.05) is 18.2 Å². The predicted molar refractivity (Wildman–Crippen MR) is 103 cm³/mol. The Balaban J connectivity index is 1.51. The summed E-state index contributed by atoms with van der Waals surface area (Å²) < 4.78 is 8.34. The van der Waals surface area contributed by atoms with Gasteiger partial charge in [0.25, 0.3) is 0 Å². The highest BCUT2D eigenvalue weighted by Gasteiger charge is 2.17. The van der Waals surface area contributed by atoms with Crippen LogP contribution < -0.4 is 0 Å². The molecule has 4 aromatic rings. The van der Waals surface area contributed by atoms with Crippen molar-refractivity contribution >= 4 is 44.0 Å². The highest BCUT2D eigenvalue weighted by Crippen LogP contribution is 2.22. The molecule has 3 aromatic heterocycles. The van der Waals surface area contributed by atoms with E-state index in [0.717, 1.165) is 26.5 Å². The van der Waals surface area contributed by atoms with Gasteiger partial charge >= 0.3 is 5.97 Å². The lowest BCUT2D eigenvalue weighted by Crippen LogP contribution is -2.15. The number of benzene rings is 1. The summed E-state index contributed by atoms with van der Waals surface area (Å²) in [6.45, 7) is 3.98. The number of aromatic nitrogens is 4. The Kier molecular flexibility index (Phi) is 4.24. The SMILES string of the molecule is Cc1cn(CC(=O)O[C@H](C)c2nc3ncc(Br)cc3[nH]2)c2ccccc12. The number of hydrogen-bond acceptors (Lipinski definition) is 4. The van der Waals surface area contributed by atoms with Crippen LogP contribution in [0.15, 0.2) is 47.2 Å². The number of ether oxygens (including phenoxy) is 1. The first-order valence-electron chi connectivity index (χ1n) is 8.26. The number of pyridine rings is 1. The zero-order valence-electron chi connectivity index (χ0n) is 14.4. The van der Waals surface area contributed by atoms with Crippen LogP contribution in [0.5, 0.6) is 0 Å². The standard InChI is InChI=1S/C19H17BrN4O2/c1-11-9-24(16-6-4-3-5-14(11)16)10-17(25)26-12(2)18-22-15-7-13(20)8-21-19(15)23-18/h3-9,12H,10H2,1-2H3,(H,21,22,23)/t12-/m1/s1. The first-order chi connectivity index (χ1) is 12.5. The number of nitrogens with zero attached hydrogens (tertiary/aromatic N) is 3. The summed E-state index contributed by atoms with van der Waals surface area (Å²) >= 11 is 3.38. The zero-order chi connectivity index (χ0) is 18.3. The number of aromatic amines is 1. The van der Waals surface area contributed by atoms with Crippen molar-refractivity contribution in [2.45, 2.75) is 26.5 Å². The number of rotatable bonds is 4. The summed E-state index contributed by atoms with van der Waals surface area (Å²) in [5.74, 6) is 0.264. The second-order valence-corrected chi connectivity index (χ2v) is 7.15. The average molecular weight is 413 g/mol. The van der Waals surface area contributed by atoms with Crippen LogP contribution in [0.25, 0.3) is 22.1 Å². The molecule has 7 heteroatoms. The van der Waals surface area contributed by atoms with E-state index in [0.29, 0.717) is 11.5 Å². The molecular weight excluding hydrogens is 396 g/mol. The Bertz CT molecular complexity index is 1120. The minimum absolute atomic E-state index is 0.155. The van der Waals surface area contributed by atoms with Crippen molar-refractivity contribution < 1.29 is 9.53 Å². The molecule has 0 saturated carbocycles. The Morgan fingerprint density at radius 3 is 3.04 bits per heavy atom. The predicted octanol–water partition coefficient (Wildman–Crippen LogP) is 4.29. The summed E-state index contributed by atoms with van der Waals surface area (Å²) in [5.41, 5.74) is 3.55. The summed E-state index contributed by atoms with van der Waals surface area (Å²) in [6, 6.07) is 9.90. The van der Waals surface area contributed by atoms with Crippen LogP contribution in [-0.2, 0) is 16.1 Å². The van der Waals surface area contributed by atoms with E-state index in [-0.39, 0.29) is 12.5 Å². The molecule has 0 aliphatic heterocycles. The number of carbonyl (C=O) groups excluding carboxylic acids is 1. The van der Waals surface area contributed by atoms with Gasteiger partial charge in [-0.2, -0.15) is 0 Å². The van der Waals surface area contributed by atoms with Gasteiger partial charge in [-0.25, -0.2) is 9.97 Å². The van der Waals surface area contributed by atoms with E-state index in [9.17, 15) is 4.79 Å². The molecule has 3 heterocycles. The summed E-state index contributed by atoms with van der Waals surface area (Å²) in [4.78, 5) is 24.2. The van der Waals surface area contributed by atoms with Gasteiger partial charge in [-0.05, 0) is 47.5 Å². The number of halogens is 1. The van der Waals surface area contributed by atoms with Gasteiger partial charge in [0.2, 0.25) is 0 Å². The van der Waals surface area contributed by atoms with Crippen molar-refractivity contribution in [3.8, 4) is 0 Å². The summed E-state index contributed by atoms with van der Waals surface area (Å²) in [6.07, 6.45) is 3.17. The highest BCUT2D eigenvalue weighted by atomic mass is 79.9. The molecule has 6 nitrogen and oxygen atoms in total. The number of H-pyrrole nitrogens is 1. The molecule has 0 bridgehead atoms. The van der Waals surface area contributed by atoms with Crippen LogP contribution in [0.3, 0.4) is 0 Å². The van der Waals surface area contributed by atoms with Gasteiger partial charge in [0.15, 0.2) is 11.8 Å². The van der Waals surface area contributed by atoms with Crippen LogP contribution in [0.2, 0.25) is 0 Å². The maximum absolute atomic E-state index is 12.4. The number of aryl methyl sites for hydroxylation is 1. The van der Waals surface area contributed by atoms with Gasteiger partial charge in [0.1, 0.15) is 12.4 Å². The fourth-order valence-corrected chi connectivity index (χ4v) is 3.41.